The Balaban J connectivity index is 1.96. The molecule has 1 atom stereocenters. The molecule has 2 amide bonds. The van der Waals surface area contributed by atoms with Crippen LogP contribution in [0.25, 0.3) is 0 Å². The lowest BCUT2D eigenvalue weighted by molar-refractivity contribution is -0.0497. The van der Waals surface area contributed by atoms with Crippen LogP contribution in [-0.4, -0.2) is 30.6 Å². The monoisotopic (exact) mass is 284 g/mol. The molecule has 0 unspecified atom stereocenters. The van der Waals surface area contributed by atoms with Gasteiger partial charge in [-0.05, 0) is 30.9 Å². The zero-order valence-corrected chi connectivity index (χ0v) is 11.3. The van der Waals surface area contributed by atoms with Crippen molar-refractivity contribution in [3.8, 4) is 5.75 Å². The fourth-order valence-corrected chi connectivity index (χ4v) is 2.33. The number of anilines is 1. The molecule has 1 aromatic rings. The lowest BCUT2D eigenvalue weighted by atomic mass is 10.0. The minimum Gasteiger partial charge on any atom is -0.435 e. The number of likely N-dealkylation sites (tertiary alicyclic amines) is 1. The molecular weight excluding hydrogens is 266 g/mol. The van der Waals surface area contributed by atoms with Crippen LogP contribution in [0.2, 0.25) is 0 Å². The van der Waals surface area contributed by atoms with E-state index >= 15 is 0 Å². The number of ether oxygens (including phenoxy) is 1. The molecule has 4 nitrogen and oxygen atoms in total. The van der Waals surface area contributed by atoms with E-state index in [0.717, 1.165) is 25.9 Å². The highest BCUT2D eigenvalue weighted by Gasteiger charge is 2.20. The summed E-state index contributed by atoms with van der Waals surface area (Å²) in [6, 6.07) is 5.81. The predicted molar refractivity (Wildman–Crippen MR) is 72.1 cm³/mol. The van der Waals surface area contributed by atoms with Gasteiger partial charge in [0.2, 0.25) is 0 Å². The van der Waals surface area contributed by atoms with Gasteiger partial charge < -0.3 is 15.0 Å². The van der Waals surface area contributed by atoms with Crippen molar-refractivity contribution in [3.63, 3.8) is 0 Å². The van der Waals surface area contributed by atoms with Crippen LogP contribution in [-0.2, 0) is 0 Å². The third-order valence-corrected chi connectivity index (χ3v) is 3.25. The number of hydrogen-bond acceptors (Lipinski definition) is 2. The van der Waals surface area contributed by atoms with E-state index in [9.17, 15) is 13.6 Å². The van der Waals surface area contributed by atoms with E-state index in [0.29, 0.717) is 11.6 Å². The molecule has 1 N–H and O–H groups in total. The molecule has 2 rings (SSSR count). The summed E-state index contributed by atoms with van der Waals surface area (Å²) in [4.78, 5) is 13.8. The van der Waals surface area contributed by atoms with Crippen LogP contribution in [0.3, 0.4) is 0 Å². The van der Waals surface area contributed by atoms with Crippen molar-refractivity contribution in [3.05, 3.63) is 24.3 Å². The second kappa shape index (κ2) is 6.54. The first-order valence-electron chi connectivity index (χ1n) is 6.65. The quantitative estimate of drug-likeness (QED) is 0.922. The Morgan fingerprint density at radius 3 is 3.00 bits per heavy atom. The van der Waals surface area contributed by atoms with Gasteiger partial charge in [-0.15, -0.1) is 0 Å². The van der Waals surface area contributed by atoms with Crippen LogP contribution in [0.4, 0.5) is 19.3 Å². The zero-order chi connectivity index (χ0) is 14.5. The number of nitrogens with zero attached hydrogens (tertiary/aromatic N) is 1. The minimum atomic E-state index is -2.87. The van der Waals surface area contributed by atoms with Crippen LogP contribution in [0.1, 0.15) is 19.8 Å². The molecule has 1 saturated heterocycles. The Morgan fingerprint density at radius 1 is 1.50 bits per heavy atom. The second-order valence-corrected chi connectivity index (χ2v) is 5.03. The first-order valence-corrected chi connectivity index (χ1v) is 6.65. The van der Waals surface area contributed by atoms with E-state index in [1.165, 1.54) is 12.1 Å². The number of alkyl halides is 2. The molecule has 0 spiro atoms. The lowest BCUT2D eigenvalue weighted by Crippen LogP contribution is -2.41. The number of halogens is 2. The molecule has 1 fully saturated rings. The highest BCUT2D eigenvalue weighted by Crippen LogP contribution is 2.21. The van der Waals surface area contributed by atoms with Crippen LogP contribution >= 0.6 is 0 Å². The Kier molecular flexibility index (Phi) is 4.76. The van der Waals surface area contributed by atoms with Crippen molar-refractivity contribution < 1.29 is 18.3 Å². The van der Waals surface area contributed by atoms with E-state index in [4.69, 9.17) is 0 Å². The fraction of sp³-hybridized carbons (Fsp3) is 0.500. The molecular formula is C14H18F2N2O2. The highest BCUT2D eigenvalue weighted by atomic mass is 19.3. The first kappa shape index (κ1) is 14.6. The molecule has 1 heterocycles. The Bertz CT molecular complexity index is 468. The lowest BCUT2D eigenvalue weighted by Gasteiger charge is -2.30. The SMILES string of the molecule is C[C@@H]1CCCN(C(=O)Nc2cccc(OC(F)F)c2)C1. The van der Waals surface area contributed by atoms with Gasteiger partial charge in [0, 0.05) is 24.8 Å². The fourth-order valence-electron chi connectivity index (χ4n) is 2.33. The van der Waals surface area contributed by atoms with Gasteiger partial charge in [0.1, 0.15) is 5.75 Å². The van der Waals surface area contributed by atoms with Crippen molar-refractivity contribution in [1.29, 1.82) is 0 Å². The van der Waals surface area contributed by atoms with E-state index in [1.54, 1.807) is 17.0 Å². The van der Waals surface area contributed by atoms with Gasteiger partial charge in [0.05, 0.1) is 0 Å². The summed E-state index contributed by atoms with van der Waals surface area (Å²) in [5.74, 6) is 0.521. The Hall–Kier alpha value is -1.85. The summed E-state index contributed by atoms with van der Waals surface area (Å²) >= 11 is 0. The molecule has 0 saturated carbocycles. The van der Waals surface area contributed by atoms with Crippen LogP contribution in [0.5, 0.6) is 5.75 Å². The van der Waals surface area contributed by atoms with Crippen LogP contribution in [0.15, 0.2) is 24.3 Å². The van der Waals surface area contributed by atoms with Crippen molar-refractivity contribution in [2.45, 2.75) is 26.4 Å². The van der Waals surface area contributed by atoms with E-state index in [2.05, 4.69) is 17.0 Å². The molecule has 1 aromatic carbocycles. The summed E-state index contributed by atoms with van der Waals surface area (Å²) in [6.45, 7) is 0.683. The Labute approximate surface area is 116 Å². The number of rotatable bonds is 3. The summed E-state index contributed by atoms with van der Waals surface area (Å²) in [6.07, 6.45) is 2.12. The number of urea groups is 1. The summed E-state index contributed by atoms with van der Waals surface area (Å²) in [5.41, 5.74) is 0.450. The largest absolute Gasteiger partial charge is 0.435 e. The molecule has 0 aromatic heterocycles. The van der Waals surface area contributed by atoms with Crippen molar-refractivity contribution in [2.24, 2.45) is 5.92 Å². The van der Waals surface area contributed by atoms with Crippen molar-refractivity contribution in [1.82, 2.24) is 4.90 Å². The summed E-state index contributed by atoms with van der Waals surface area (Å²) in [7, 11) is 0. The number of piperidine rings is 1. The molecule has 0 aliphatic carbocycles. The average Bonchev–Trinajstić information content (AvgIpc) is 2.38. The van der Waals surface area contributed by atoms with Gasteiger partial charge >= 0.3 is 12.6 Å². The topological polar surface area (TPSA) is 41.6 Å². The van der Waals surface area contributed by atoms with Crippen LogP contribution in [0, 0.1) is 5.92 Å². The van der Waals surface area contributed by atoms with E-state index < -0.39 is 6.61 Å². The minimum absolute atomic E-state index is 0.0322. The zero-order valence-electron chi connectivity index (χ0n) is 11.3. The maximum absolute atomic E-state index is 12.1. The molecule has 0 radical (unpaired) electrons. The number of benzene rings is 1. The van der Waals surface area contributed by atoms with Gasteiger partial charge in [0.25, 0.3) is 0 Å². The maximum Gasteiger partial charge on any atom is 0.387 e. The van der Waals surface area contributed by atoms with E-state index in [-0.39, 0.29) is 11.8 Å². The number of nitrogens with one attached hydrogen (secondary N) is 1. The van der Waals surface area contributed by atoms with Gasteiger partial charge in [-0.25, -0.2) is 4.79 Å². The normalized spacial score (nSPS) is 19.0. The second-order valence-electron chi connectivity index (χ2n) is 5.03. The first-order chi connectivity index (χ1) is 9.54. The number of hydrogen-bond donors (Lipinski definition) is 1. The number of amides is 2. The Morgan fingerprint density at radius 2 is 2.30 bits per heavy atom. The standard InChI is InChI=1S/C14H18F2N2O2/c1-10-4-3-7-18(9-10)14(19)17-11-5-2-6-12(8-11)20-13(15)16/h2,5-6,8,10,13H,3-4,7,9H2,1H3,(H,17,19)/t10-/m1/s1. The molecule has 1 aliphatic rings. The molecule has 6 heteroatoms. The number of carbonyl (C=O) groups is 1. The molecule has 1 aliphatic heterocycles. The van der Waals surface area contributed by atoms with Gasteiger partial charge in [0.15, 0.2) is 0 Å². The predicted octanol–water partition coefficient (Wildman–Crippen LogP) is 3.55. The smallest absolute Gasteiger partial charge is 0.387 e. The number of carbonyl (C=O) groups excluding carboxylic acids is 1. The summed E-state index contributed by atoms with van der Waals surface area (Å²) < 4.78 is 28.6. The third kappa shape index (κ3) is 4.08. The van der Waals surface area contributed by atoms with Crippen LogP contribution < -0.4 is 10.1 Å². The molecule has 110 valence electrons. The van der Waals surface area contributed by atoms with Gasteiger partial charge in [-0.3, -0.25) is 0 Å². The average molecular weight is 284 g/mol. The highest BCUT2D eigenvalue weighted by molar-refractivity contribution is 5.89. The van der Waals surface area contributed by atoms with Crippen molar-refractivity contribution in [2.75, 3.05) is 18.4 Å². The van der Waals surface area contributed by atoms with Gasteiger partial charge in [-0.2, -0.15) is 8.78 Å². The van der Waals surface area contributed by atoms with Crippen molar-refractivity contribution >= 4 is 11.7 Å². The maximum atomic E-state index is 12.1. The van der Waals surface area contributed by atoms with E-state index in [1.807, 2.05) is 0 Å². The summed E-state index contributed by atoms with van der Waals surface area (Å²) in [5, 5.41) is 2.71. The van der Waals surface area contributed by atoms with Gasteiger partial charge in [-0.1, -0.05) is 13.0 Å². The molecule has 0 bridgehead atoms. The third-order valence-electron chi connectivity index (χ3n) is 3.25. The molecule has 20 heavy (non-hydrogen) atoms.